The maximum atomic E-state index is 12.4. The summed E-state index contributed by atoms with van der Waals surface area (Å²) in [5.41, 5.74) is 0.497. The second-order valence-electron chi connectivity index (χ2n) is 5.27. The Balaban J connectivity index is 2.19. The van der Waals surface area contributed by atoms with Crippen LogP contribution in [0.2, 0.25) is 0 Å². The molecule has 0 spiro atoms. The van der Waals surface area contributed by atoms with Crippen LogP contribution in [0.25, 0.3) is 0 Å². The molecule has 0 radical (unpaired) electrons. The lowest BCUT2D eigenvalue weighted by Crippen LogP contribution is -2.53. The third kappa shape index (κ3) is 3.79. The van der Waals surface area contributed by atoms with E-state index in [2.05, 4.69) is 23.9 Å². The van der Waals surface area contributed by atoms with Gasteiger partial charge in [-0.1, -0.05) is 26.0 Å². The van der Waals surface area contributed by atoms with Crippen LogP contribution in [0.3, 0.4) is 0 Å². The Morgan fingerprint density at radius 1 is 1.30 bits per heavy atom. The minimum absolute atomic E-state index is 0.135. The van der Waals surface area contributed by atoms with Crippen LogP contribution in [0.5, 0.6) is 5.75 Å². The zero-order valence-electron chi connectivity index (χ0n) is 11.6. The van der Waals surface area contributed by atoms with Crippen molar-refractivity contribution >= 4 is 5.69 Å². The lowest BCUT2D eigenvalue weighted by molar-refractivity contribution is -0.274. The summed E-state index contributed by atoms with van der Waals surface area (Å²) in [5.74, 6) is 0.290. The van der Waals surface area contributed by atoms with Gasteiger partial charge in [0.15, 0.2) is 5.75 Å². The number of benzene rings is 1. The predicted molar refractivity (Wildman–Crippen MR) is 72.0 cm³/mol. The molecule has 2 rings (SSSR count). The first-order valence-electron chi connectivity index (χ1n) is 6.70. The van der Waals surface area contributed by atoms with Gasteiger partial charge in [0.25, 0.3) is 0 Å². The van der Waals surface area contributed by atoms with Crippen LogP contribution >= 0.6 is 0 Å². The number of anilines is 1. The summed E-state index contributed by atoms with van der Waals surface area (Å²) in [7, 11) is 0. The summed E-state index contributed by atoms with van der Waals surface area (Å²) in [6, 6.07) is 6.57. The molecule has 0 bridgehead atoms. The molecule has 0 saturated carbocycles. The molecular weight excluding hydrogens is 269 g/mol. The zero-order valence-corrected chi connectivity index (χ0v) is 11.6. The summed E-state index contributed by atoms with van der Waals surface area (Å²) in [4.78, 5) is 1.95. The highest BCUT2D eigenvalue weighted by Gasteiger charge is 2.33. The third-order valence-corrected chi connectivity index (χ3v) is 3.44. The molecule has 6 heteroatoms. The quantitative estimate of drug-likeness (QED) is 0.925. The lowest BCUT2D eigenvalue weighted by atomic mass is 10.0. The molecule has 0 aliphatic carbocycles. The fourth-order valence-corrected chi connectivity index (χ4v) is 2.37. The number of hydrogen-bond donors (Lipinski definition) is 1. The van der Waals surface area contributed by atoms with Crippen molar-refractivity contribution in [2.45, 2.75) is 26.3 Å². The maximum absolute atomic E-state index is 12.4. The van der Waals surface area contributed by atoms with Crippen LogP contribution in [0, 0.1) is 5.92 Å². The first kappa shape index (κ1) is 15.0. The van der Waals surface area contributed by atoms with Crippen molar-refractivity contribution in [3.63, 3.8) is 0 Å². The molecular formula is C14H19F3N2O. The molecule has 1 aliphatic heterocycles. The van der Waals surface area contributed by atoms with Gasteiger partial charge in [-0.25, -0.2) is 0 Å². The van der Waals surface area contributed by atoms with Crippen molar-refractivity contribution in [2.75, 3.05) is 24.5 Å². The van der Waals surface area contributed by atoms with Gasteiger partial charge in [0.1, 0.15) is 0 Å². The van der Waals surface area contributed by atoms with Gasteiger partial charge in [-0.15, -0.1) is 13.2 Å². The van der Waals surface area contributed by atoms with E-state index in [1.807, 2.05) is 4.90 Å². The second-order valence-corrected chi connectivity index (χ2v) is 5.27. The molecule has 1 saturated heterocycles. The number of nitrogens with zero attached hydrogens (tertiary/aromatic N) is 1. The number of alkyl halides is 3. The number of halogens is 3. The normalized spacial score (nSPS) is 20.3. The number of piperazine rings is 1. The maximum Gasteiger partial charge on any atom is 0.573 e. The summed E-state index contributed by atoms with van der Waals surface area (Å²) >= 11 is 0. The molecule has 0 amide bonds. The van der Waals surface area contributed by atoms with E-state index in [4.69, 9.17) is 0 Å². The molecule has 1 fully saturated rings. The Morgan fingerprint density at radius 3 is 2.65 bits per heavy atom. The van der Waals surface area contributed by atoms with E-state index in [1.165, 1.54) is 6.07 Å². The fourth-order valence-electron chi connectivity index (χ4n) is 2.37. The Morgan fingerprint density at radius 2 is 2.00 bits per heavy atom. The number of ether oxygens (including phenoxy) is 1. The fraction of sp³-hybridized carbons (Fsp3) is 0.571. The van der Waals surface area contributed by atoms with Crippen LogP contribution in [-0.4, -0.2) is 32.0 Å². The van der Waals surface area contributed by atoms with E-state index >= 15 is 0 Å². The van der Waals surface area contributed by atoms with E-state index in [0.717, 1.165) is 6.54 Å². The molecule has 0 aromatic heterocycles. The monoisotopic (exact) mass is 288 g/mol. The smallest absolute Gasteiger partial charge is 0.404 e. The summed E-state index contributed by atoms with van der Waals surface area (Å²) < 4.78 is 41.4. The van der Waals surface area contributed by atoms with Crippen LogP contribution < -0.4 is 15.0 Å². The summed E-state index contributed by atoms with van der Waals surface area (Å²) in [6.45, 7) is 6.29. The van der Waals surface area contributed by atoms with Crippen molar-refractivity contribution < 1.29 is 17.9 Å². The van der Waals surface area contributed by atoms with Gasteiger partial charge in [-0.3, -0.25) is 0 Å². The van der Waals surface area contributed by atoms with Gasteiger partial charge < -0.3 is 15.0 Å². The van der Waals surface area contributed by atoms with Crippen molar-refractivity contribution in [2.24, 2.45) is 5.92 Å². The molecule has 1 aromatic rings. The summed E-state index contributed by atoms with van der Waals surface area (Å²) in [6.07, 6.45) is -4.67. The Hall–Kier alpha value is -1.43. The Labute approximate surface area is 116 Å². The first-order valence-corrected chi connectivity index (χ1v) is 6.70. The first-order chi connectivity index (χ1) is 9.37. The van der Waals surface area contributed by atoms with Gasteiger partial charge in [-0.2, -0.15) is 0 Å². The lowest BCUT2D eigenvalue weighted by Gasteiger charge is -2.37. The highest BCUT2D eigenvalue weighted by Crippen LogP contribution is 2.33. The van der Waals surface area contributed by atoms with Crippen molar-refractivity contribution in [1.29, 1.82) is 0 Å². The molecule has 1 heterocycles. The van der Waals surface area contributed by atoms with E-state index in [9.17, 15) is 13.2 Å². The van der Waals surface area contributed by atoms with Gasteiger partial charge in [0, 0.05) is 25.7 Å². The number of hydrogen-bond acceptors (Lipinski definition) is 3. The molecule has 1 unspecified atom stereocenters. The minimum atomic E-state index is -4.67. The molecule has 1 N–H and O–H groups in total. The predicted octanol–water partition coefficient (Wildman–Crippen LogP) is 3.02. The SMILES string of the molecule is CC(C)C1CN(c2ccccc2OC(F)(F)F)CCN1. The van der Waals surface area contributed by atoms with Crippen LogP contribution in [-0.2, 0) is 0 Å². The summed E-state index contributed by atoms with van der Waals surface area (Å²) in [5, 5.41) is 3.38. The van der Waals surface area contributed by atoms with Crippen molar-refractivity contribution in [3.8, 4) is 5.75 Å². The van der Waals surface area contributed by atoms with Crippen molar-refractivity contribution in [3.05, 3.63) is 24.3 Å². The minimum Gasteiger partial charge on any atom is -0.404 e. The van der Waals surface area contributed by atoms with Crippen LogP contribution in [0.1, 0.15) is 13.8 Å². The van der Waals surface area contributed by atoms with Crippen molar-refractivity contribution in [1.82, 2.24) is 5.32 Å². The number of para-hydroxylation sites is 2. The largest absolute Gasteiger partial charge is 0.573 e. The molecule has 1 atom stereocenters. The zero-order chi connectivity index (χ0) is 14.8. The molecule has 20 heavy (non-hydrogen) atoms. The van der Waals surface area contributed by atoms with Gasteiger partial charge in [0.2, 0.25) is 0 Å². The highest BCUT2D eigenvalue weighted by molar-refractivity contribution is 5.59. The average molecular weight is 288 g/mol. The molecule has 1 aliphatic rings. The molecule has 3 nitrogen and oxygen atoms in total. The Bertz CT molecular complexity index is 448. The highest BCUT2D eigenvalue weighted by atomic mass is 19.4. The molecule has 112 valence electrons. The topological polar surface area (TPSA) is 24.5 Å². The van der Waals surface area contributed by atoms with E-state index < -0.39 is 6.36 Å². The van der Waals surface area contributed by atoms with Gasteiger partial charge in [0.05, 0.1) is 5.69 Å². The van der Waals surface area contributed by atoms with E-state index in [1.54, 1.807) is 18.2 Å². The third-order valence-electron chi connectivity index (χ3n) is 3.44. The standard InChI is InChI=1S/C14H19F3N2O/c1-10(2)11-9-19(8-7-18-11)12-5-3-4-6-13(12)20-14(15,16)17/h3-6,10-11,18H,7-9H2,1-2H3. The van der Waals surface area contributed by atoms with E-state index in [-0.39, 0.29) is 11.8 Å². The van der Waals surface area contributed by atoms with Gasteiger partial charge >= 0.3 is 6.36 Å². The average Bonchev–Trinajstić information content (AvgIpc) is 2.37. The van der Waals surface area contributed by atoms with Crippen LogP contribution in [0.4, 0.5) is 18.9 Å². The molecule has 1 aromatic carbocycles. The van der Waals surface area contributed by atoms with E-state index in [0.29, 0.717) is 24.7 Å². The second kappa shape index (κ2) is 5.91. The van der Waals surface area contributed by atoms with Crippen LogP contribution in [0.15, 0.2) is 24.3 Å². The number of rotatable bonds is 3. The Kier molecular flexibility index (Phi) is 4.42. The number of nitrogens with one attached hydrogen (secondary N) is 1. The van der Waals surface area contributed by atoms with Gasteiger partial charge in [-0.05, 0) is 18.1 Å².